The van der Waals surface area contributed by atoms with E-state index < -0.39 is 0 Å². The van der Waals surface area contributed by atoms with E-state index in [-0.39, 0.29) is 11.9 Å². The first kappa shape index (κ1) is 11.9. The van der Waals surface area contributed by atoms with Gasteiger partial charge in [0.15, 0.2) is 0 Å². The van der Waals surface area contributed by atoms with Crippen LogP contribution in [0.3, 0.4) is 0 Å². The highest BCUT2D eigenvalue weighted by Crippen LogP contribution is 2.44. The number of rotatable bonds is 3. The summed E-state index contributed by atoms with van der Waals surface area (Å²) in [5.41, 5.74) is 1.05. The topological polar surface area (TPSA) is 38.7 Å². The number of benzene rings is 2. The highest BCUT2D eigenvalue weighted by atomic mass is 16.5. The standard InChI is InChI=1S/C16H16O3/c1-3-7-18-14-6-4-5-12-15(14)13(17)9-11-8-10(2)19-16(11)12/h3-6,9-10,17H,1,7-8H2,2H3/t10-/m1/s1. The van der Waals surface area contributed by atoms with Crippen molar-refractivity contribution in [2.75, 3.05) is 6.61 Å². The van der Waals surface area contributed by atoms with Crippen molar-refractivity contribution in [3.8, 4) is 17.2 Å². The highest BCUT2D eigenvalue weighted by molar-refractivity contribution is 5.99. The molecule has 2 aromatic carbocycles. The highest BCUT2D eigenvalue weighted by Gasteiger charge is 2.24. The van der Waals surface area contributed by atoms with Gasteiger partial charge in [-0.15, -0.1) is 0 Å². The molecule has 0 aliphatic carbocycles. The Kier molecular flexibility index (Phi) is 2.82. The lowest BCUT2D eigenvalue weighted by molar-refractivity contribution is 0.257. The third-order valence-electron chi connectivity index (χ3n) is 3.31. The Hall–Kier alpha value is -2.16. The Bertz CT molecular complexity index is 646. The lowest BCUT2D eigenvalue weighted by Gasteiger charge is -2.12. The molecule has 3 heteroatoms. The predicted octanol–water partition coefficient (Wildman–Crippen LogP) is 3.43. The number of ether oxygens (including phenoxy) is 2. The number of phenolic OH excluding ortho intramolecular Hbond substituents is 1. The summed E-state index contributed by atoms with van der Waals surface area (Å²) in [4.78, 5) is 0. The van der Waals surface area contributed by atoms with Gasteiger partial charge in [0, 0.05) is 17.4 Å². The lowest BCUT2D eigenvalue weighted by Crippen LogP contribution is -2.05. The molecule has 3 rings (SSSR count). The van der Waals surface area contributed by atoms with Crippen molar-refractivity contribution in [3.63, 3.8) is 0 Å². The van der Waals surface area contributed by atoms with Gasteiger partial charge in [0.25, 0.3) is 0 Å². The maximum Gasteiger partial charge on any atom is 0.131 e. The molecule has 0 unspecified atom stereocenters. The van der Waals surface area contributed by atoms with Gasteiger partial charge in [-0.05, 0) is 19.1 Å². The molecule has 1 N–H and O–H groups in total. The predicted molar refractivity (Wildman–Crippen MR) is 75.1 cm³/mol. The van der Waals surface area contributed by atoms with Gasteiger partial charge < -0.3 is 14.6 Å². The zero-order valence-electron chi connectivity index (χ0n) is 10.8. The first-order valence-corrected chi connectivity index (χ1v) is 6.38. The van der Waals surface area contributed by atoms with Gasteiger partial charge >= 0.3 is 0 Å². The van der Waals surface area contributed by atoms with Crippen LogP contribution in [0.4, 0.5) is 0 Å². The van der Waals surface area contributed by atoms with E-state index in [4.69, 9.17) is 9.47 Å². The van der Waals surface area contributed by atoms with Gasteiger partial charge in [0.1, 0.15) is 30.0 Å². The summed E-state index contributed by atoms with van der Waals surface area (Å²) in [7, 11) is 0. The second-order valence-corrected chi connectivity index (χ2v) is 4.79. The van der Waals surface area contributed by atoms with E-state index in [1.54, 1.807) is 12.1 Å². The summed E-state index contributed by atoms with van der Waals surface area (Å²) < 4.78 is 11.4. The normalized spacial score (nSPS) is 17.0. The van der Waals surface area contributed by atoms with Crippen molar-refractivity contribution in [1.29, 1.82) is 0 Å². The molecular formula is C16H16O3. The smallest absolute Gasteiger partial charge is 0.131 e. The van der Waals surface area contributed by atoms with E-state index in [0.717, 1.165) is 23.1 Å². The third kappa shape index (κ3) is 1.91. The molecule has 0 amide bonds. The summed E-state index contributed by atoms with van der Waals surface area (Å²) in [6.45, 7) is 6.07. The number of aromatic hydroxyl groups is 1. The van der Waals surface area contributed by atoms with Gasteiger partial charge in [-0.25, -0.2) is 0 Å². The summed E-state index contributed by atoms with van der Waals surface area (Å²) in [5.74, 6) is 1.76. The molecule has 0 spiro atoms. The first-order chi connectivity index (χ1) is 9.20. The van der Waals surface area contributed by atoms with Gasteiger partial charge in [0.2, 0.25) is 0 Å². The maximum absolute atomic E-state index is 10.2. The molecule has 0 saturated carbocycles. The summed E-state index contributed by atoms with van der Waals surface area (Å²) in [6, 6.07) is 7.48. The fourth-order valence-corrected chi connectivity index (χ4v) is 2.57. The summed E-state index contributed by atoms with van der Waals surface area (Å²) in [6.07, 6.45) is 2.66. The Morgan fingerprint density at radius 2 is 2.37 bits per heavy atom. The van der Waals surface area contributed by atoms with Crippen LogP contribution in [0.1, 0.15) is 12.5 Å². The largest absolute Gasteiger partial charge is 0.507 e. The van der Waals surface area contributed by atoms with Crippen LogP contribution in [-0.4, -0.2) is 17.8 Å². The molecule has 0 radical (unpaired) electrons. The monoisotopic (exact) mass is 256 g/mol. The number of fused-ring (bicyclic) bond motifs is 3. The van der Waals surface area contributed by atoms with Crippen LogP contribution in [0.15, 0.2) is 36.9 Å². The maximum atomic E-state index is 10.2. The zero-order chi connectivity index (χ0) is 13.4. The minimum atomic E-state index is 0.151. The van der Waals surface area contributed by atoms with Crippen LogP contribution in [0.25, 0.3) is 10.8 Å². The van der Waals surface area contributed by atoms with Gasteiger partial charge in [-0.3, -0.25) is 0 Å². The van der Waals surface area contributed by atoms with Crippen molar-refractivity contribution < 1.29 is 14.6 Å². The Labute approximate surface area is 112 Å². The van der Waals surface area contributed by atoms with E-state index in [9.17, 15) is 5.11 Å². The average molecular weight is 256 g/mol. The number of phenols is 1. The third-order valence-corrected chi connectivity index (χ3v) is 3.31. The summed E-state index contributed by atoms with van der Waals surface area (Å²) >= 11 is 0. The molecule has 3 nitrogen and oxygen atoms in total. The molecule has 1 aliphatic heterocycles. The molecule has 98 valence electrons. The molecule has 0 aromatic heterocycles. The molecule has 1 aliphatic rings. The van der Waals surface area contributed by atoms with Crippen LogP contribution < -0.4 is 9.47 Å². The van der Waals surface area contributed by atoms with Crippen LogP contribution in [-0.2, 0) is 6.42 Å². The van der Waals surface area contributed by atoms with Gasteiger partial charge in [0.05, 0.1) is 5.39 Å². The van der Waals surface area contributed by atoms with Crippen molar-refractivity contribution in [1.82, 2.24) is 0 Å². The van der Waals surface area contributed by atoms with Crippen LogP contribution in [0, 0.1) is 0 Å². The van der Waals surface area contributed by atoms with Crippen molar-refractivity contribution in [2.24, 2.45) is 0 Å². The fraction of sp³-hybridized carbons (Fsp3) is 0.250. The summed E-state index contributed by atoms with van der Waals surface area (Å²) in [5, 5.41) is 11.8. The molecule has 1 atom stereocenters. The zero-order valence-corrected chi connectivity index (χ0v) is 10.8. The molecule has 0 bridgehead atoms. The number of hydrogen-bond acceptors (Lipinski definition) is 3. The molecule has 1 heterocycles. The second kappa shape index (κ2) is 4.50. The van der Waals surface area contributed by atoms with E-state index in [0.29, 0.717) is 17.7 Å². The molecular weight excluding hydrogens is 240 g/mol. The van der Waals surface area contributed by atoms with Crippen molar-refractivity contribution >= 4 is 10.8 Å². The molecule has 2 aromatic rings. The second-order valence-electron chi connectivity index (χ2n) is 4.79. The Morgan fingerprint density at radius 1 is 1.53 bits per heavy atom. The quantitative estimate of drug-likeness (QED) is 0.855. The molecule has 19 heavy (non-hydrogen) atoms. The SMILES string of the molecule is C=CCOc1cccc2c3c(cc(O)c12)C[C@@H](C)O3. The van der Waals surface area contributed by atoms with Crippen LogP contribution in [0.2, 0.25) is 0 Å². The molecule has 0 fully saturated rings. The Balaban J connectivity index is 2.22. The van der Waals surface area contributed by atoms with E-state index in [2.05, 4.69) is 6.58 Å². The van der Waals surface area contributed by atoms with Crippen molar-refractivity contribution in [3.05, 3.63) is 42.5 Å². The van der Waals surface area contributed by atoms with Gasteiger partial charge in [-0.1, -0.05) is 24.8 Å². The Morgan fingerprint density at radius 3 is 3.16 bits per heavy atom. The average Bonchev–Trinajstić information content (AvgIpc) is 2.76. The first-order valence-electron chi connectivity index (χ1n) is 6.38. The van der Waals surface area contributed by atoms with Crippen LogP contribution >= 0.6 is 0 Å². The van der Waals surface area contributed by atoms with Crippen molar-refractivity contribution in [2.45, 2.75) is 19.4 Å². The van der Waals surface area contributed by atoms with E-state index in [1.165, 1.54) is 0 Å². The minimum Gasteiger partial charge on any atom is -0.507 e. The lowest BCUT2D eigenvalue weighted by atomic mass is 10.0. The van der Waals surface area contributed by atoms with E-state index >= 15 is 0 Å². The fourth-order valence-electron chi connectivity index (χ4n) is 2.57. The number of hydrogen-bond donors (Lipinski definition) is 1. The van der Waals surface area contributed by atoms with E-state index in [1.807, 2.05) is 25.1 Å². The minimum absolute atomic E-state index is 0.151. The van der Waals surface area contributed by atoms with Crippen LogP contribution in [0.5, 0.6) is 17.2 Å². The van der Waals surface area contributed by atoms with Gasteiger partial charge in [-0.2, -0.15) is 0 Å². The molecule has 0 saturated heterocycles.